The monoisotopic (exact) mass is 730 g/mol. The van der Waals surface area contributed by atoms with Gasteiger partial charge in [0, 0.05) is 0 Å². The van der Waals surface area contributed by atoms with Gasteiger partial charge in [-0.1, -0.05) is 88.9 Å². The third kappa shape index (κ3) is 7.63. The third-order valence-electron chi connectivity index (χ3n) is 6.61. The normalized spacial score (nSPS) is 13.1. The molecule has 0 atom stereocenters. The van der Waals surface area contributed by atoms with E-state index in [9.17, 15) is 22.0 Å². The van der Waals surface area contributed by atoms with Crippen molar-refractivity contribution in [2.45, 2.75) is 72.6 Å². The van der Waals surface area contributed by atoms with E-state index in [1.165, 1.54) is 68.7 Å². The molecule has 0 radical (unpaired) electrons. The predicted molar refractivity (Wildman–Crippen MR) is 157 cm³/mol. The molecular formula is C35H35F5Hf. The van der Waals surface area contributed by atoms with Gasteiger partial charge in [-0.15, -0.1) is 45.8 Å². The molecule has 0 aromatic heterocycles. The molecule has 4 aromatic carbocycles. The molecule has 4 aromatic rings. The van der Waals surface area contributed by atoms with Crippen LogP contribution in [0.3, 0.4) is 0 Å². The van der Waals surface area contributed by atoms with Crippen LogP contribution < -0.4 is 0 Å². The SMILES string of the molecule is CC(C)(C)c1ccc2c(c1)[cH-]c1cc(C(C)(C)C)ccc12.C[C](C)=[Hf+2].Fc1c(F)c(F)c(C2=[C-]CC=C2)c(F)c1F. The van der Waals surface area contributed by atoms with Gasteiger partial charge in [-0.25, -0.2) is 22.0 Å². The number of allylic oxidation sites excluding steroid dienone is 4. The molecule has 0 fully saturated rings. The number of benzene rings is 3. The Labute approximate surface area is 254 Å². The van der Waals surface area contributed by atoms with Crippen LogP contribution in [0.25, 0.3) is 27.1 Å². The van der Waals surface area contributed by atoms with E-state index in [4.69, 9.17) is 0 Å². The molecule has 0 bridgehead atoms. The summed E-state index contributed by atoms with van der Waals surface area (Å²) in [5.41, 5.74) is 2.17. The van der Waals surface area contributed by atoms with Crippen LogP contribution in [0.2, 0.25) is 0 Å². The summed E-state index contributed by atoms with van der Waals surface area (Å²) in [6, 6.07) is 16.2. The average Bonchev–Trinajstić information content (AvgIpc) is 3.52. The van der Waals surface area contributed by atoms with Gasteiger partial charge in [-0.05, 0) is 10.8 Å². The molecule has 1 aliphatic rings. The molecule has 0 spiro atoms. The summed E-state index contributed by atoms with van der Waals surface area (Å²) >= 11 is 1.27. The minimum Gasteiger partial charge on any atom is -0.217 e. The Balaban J connectivity index is 0.000000205. The molecule has 0 saturated heterocycles. The van der Waals surface area contributed by atoms with Crippen LogP contribution in [0, 0.1) is 35.2 Å². The molecular weight excluding hydrogens is 694 g/mol. The maximum atomic E-state index is 13.2. The van der Waals surface area contributed by atoms with E-state index in [1.54, 1.807) is 3.26 Å². The second-order valence-electron chi connectivity index (χ2n) is 12.4. The smallest absolute Gasteiger partial charge is 0.198 e. The van der Waals surface area contributed by atoms with E-state index in [-0.39, 0.29) is 22.8 Å². The second-order valence-corrected chi connectivity index (χ2v) is 16.0. The van der Waals surface area contributed by atoms with Crippen molar-refractivity contribution in [2.75, 3.05) is 0 Å². The number of fused-ring (bicyclic) bond motifs is 3. The summed E-state index contributed by atoms with van der Waals surface area (Å²) in [5.74, 6) is -9.69. The van der Waals surface area contributed by atoms with E-state index >= 15 is 0 Å². The molecule has 0 unspecified atom stereocenters. The zero-order chi connectivity index (χ0) is 30.9. The van der Waals surface area contributed by atoms with Gasteiger partial charge in [0.1, 0.15) is 11.6 Å². The summed E-state index contributed by atoms with van der Waals surface area (Å²) in [6.07, 6.45) is 5.55. The van der Waals surface area contributed by atoms with Crippen LogP contribution >= 0.6 is 0 Å². The van der Waals surface area contributed by atoms with Crippen molar-refractivity contribution in [1.29, 1.82) is 0 Å². The van der Waals surface area contributed by atoms with Crippen LogP contribution in [0.1, 0.15) is 78.5 Å². The van der Waals surface area contributed by atoms with Crippen molar-refractivity contribution in [3.8, 4) is 0 Å². The molecule has 0 amide bonds. The van der Waals surface area contributed by atoms with Crippen molar-refractivity contribution in [1.82, 2.24) is 0 Å². The zero-order valence-electron chi connectivity index (χ0n) is 24.8. The first kappa shape index (κ1) is 32.9. The van der Waals surface area contributed by atoms with Crippen molar-refractivity contribution in [2.24, 2.45) is 0 Å². The zero-order valence-corrected chi connectivity index (χ0v) is 28.4. The van der Waals surface area contributed by atoms with Crippen LogP contribution in [0.4, 0.5) is 22.0 Å². The first-order chi connectivity index (χ1) is 18.9. The minimum atomic E-state index is -2.15. The number of hydrogen-bond donors (Lipinski definition) is 0. The quantitative estimate of drug-likeness (QED) is 0.0602. The summed E-state index contributed by atoms with van der Waals surface area (Å²) in [5, 5.41) is 5.48. The Morgan fingerprint density at radius 3 is 1.44 bits per heavy atom. The molecule has 214 valence electrons. The Bertz CT molecular complexity index is 1560. The second kappa shape index (κ2) is 12.7. The first-order valence-corrected chi connectivity index (χ1v) is 15.2. The molecule has 5 rings (SSSR count). The molecule has 0 nitrogen and oxygen atoms in total. The maximum Gasteiger partial charge on any atom is 0.198 e. The van der Waals surface area contributed by atoms with Gasteiger partial charge < -0.3 is 0 Å². The number of rotatable bonds is 1. The Hall–Kier alpha value is -2.60. The van der Waals surface area contributed by atoms with Crippen molar-refractivity contribution in [3.63, 3.8) is 0 Å². The first-order valence-electron chi connectivity index (χ1n) is 13.4. The molecule has 6 heteroatoms. The Morgan fingerprint density at radius 2 is 1.10 bits per heavy atom. The van der Waals surface area contributed by atoms with Gasteiger partial charge >= 0.3 is 41.0 Å². The van der Waals surface area contributed by atoms with Crippen LogP contribution in [-0.4, -0.2) is 3.26 Å². The van der Waals surface area contributed by atoms with Gasteiger partial charge in [0.15, 0.2) is 17.5 Å². The van der Waals surface area contributed by atoms with Crippen LogP contribution in [0.15, 0.2) is 54.6 Å². The van der Waals surface area contributed by atoms with E-state index in [0.29, 0.717) is 0 Å². The summed E-state index contributed by atoms with van der Waals surface area (Å²) < 4.78 is 66.4. The fourth-order valence-corrected chi connectivity index (χ4v) is 4.37. The number of hydrogen-bond acceptors (Lipinski definition) is 0. The standard InChI is InChI=1S/C21H25.C11H4F5.C3H6.Hf/c1-20(2,3)16-7-9-18-14(12-16)11-15-13-17(21(4,5)6)8-10-19(15)18;12-7-6(5-3-1-2-4-5)8(13)10(15)11(16)9(7)14;1-3-2;/h7-13H,1-6H3;1,3H,2H2;1-2H3;/q2*-1;;+2. The molecule has 41 heavy (non-hydrogen) atoms. The average molecular weight is 729 g/mol. The van der Waals surface area contributed by atoms with Crippen LogP contribution in [0.5, 0.6) is 0 Å². The molecule has 0 saturated carbocycles. The minimum absolute atomic E-state index is 0.118. The van der Waals surface area contributed by atoms with E-state index in [0.717, 1.165) is 0 Å². The van der Waals surface area contributed by atoms with Crippen molar-refractivity contribution >= 4 is 30.4 Å². The third-order valence-corrected chi connectivity index (χ3v) is 6.61. The topological polar surface area (TPSA) is 0 Å². The molecule has 1 aliphatic carbocycles. The van der Waals surface area contributed by atoms with Crippen molar-refractivity contribution in [3.05, 3.63) is 106 Å². The Kier molecular flexibility index (Phi) is 10.2. The van der Waals surface area contributed by atoms with E-state index < -0.39 is 34.6 Å². The largest absolute Gasteiger partial charge is 0.217 e. The number of halogens is 5. The van der Waals surface area contributed by atoms with Gasteiger partial charge in [-0.2, -0.15) is 17.7 Å². The molecule has 0 heterocycles. The molecule has 0 N–H and O–H groups in total. The van der Waals surface area contributed by atoms with Gasteiger partial charge in [0.05, 0.1) is 0 Å². The summed E-state index contributed by atoms with van der Waals surface area (Å²) in [7, 11) is 0. The van der Waals surface area contributed by atoms with E-state index in [1.807, 2.05) is 0 Å². The van der Waals surface area contributed by atoms with Gasteiger partial charge in [-0.3, -0.25) is 0 Å². The fourth-order valence-electron chi connectivity index (χ4n) is 4.37. The Morgan fingerprint density at radius 1 is 0.707 bits per heavy atom. The maximum absolute atomic E-state index is 13.2. The molecule has 0 aliphatic heterocycles. The van der Waals surface area contributed by atoms with Crippen molar-refractivity contribution < 1.29 is 45.8 Å². The van der Waals surface area contributed by atoms with Gasteiger partial charge in [0.25, 0.3) is 0 Å². The van der Waals surface area contributed by atoms with Gasteiger partial charge in [0.2, 0.25) is 0 Å². The van der Waals surface area contributed by atoms with E-state index in [2.05, 4.69) is 104 Å². The fraction of sp³-hybridized carbons (Fsp3) is 0.314. The summed E-state index contributed by atoms with van der Waals surface area (Å²) in [4.78, 5) is 0. The van der Waals surface area contributed by atoms with Crippen LogP contribution in [-0.2, 0) is 34.7 Å². The predicted octanol–water partition coefficient (Wildman–Crippen LogP) is 10.6. The summed E-state index contributed by atoms with van der Waals surface area (Å²) in [6.45, 7) is 17.9.